The molecule has 0 heterocycles. The van der Waals surface area contributed by atoms with Crippen LogP contribution in [0.1, 0.15) is 17.5 Å². The van der Waals surface area contributed by atoms with Crippen molar-refractivity contribution in [1.29, 1.82) is 0 Å². The highest BCUT2D eigenvalue weighted by atomic mass is 16.5. The number of rotatable bonds is 7. The van der Waals surface area contributed by atoms with E-state index in [-0.39, 0.29) is 12.5 Å². The maximum absolute atomic E-state index is 12.3. The fourth-order valence-corrected chi connectivity index (χ4v) is 2.34. The summed E-state index contributed by atoms with van der Waals surface area (Å²) in [5.41, 5.74) is 3.08. The zero-order valence-electron chi connectivity index (χ0n) is 13.9. The van der Waals surface area contributed by atoms with Crippen LogP contribution in [0.5, 0.6) is 5.75 Å². The normalized spacial score (nSPS) is 10.2. The molecule has 1 N–H and O–H groups in total. The highest BCUT2D eigenvalue weighted by molar-refractivity contribution is 5.92. The summed E-state index contributed by atoms with van der Waals surface area (Å²) >= 11 is 0. The Morgan fingerprint density at radius 3 is 2.46 bits per heavy atom. The summed E-state index contributed by atoms with van der Waals surface area (Å²) < 4.78 is 5.08. The second kappa shape index (κ2) is 8.15. The van der Waals surface area contributed by atoms with Crippen molar-refractivity contribution < 1.29 is 19.4 Å². The van der Waals surface area contributed by atoms with Gasteiger partial charge in [0, 0.05) is 19.2 Å². The van der Waals surface area contributed by atoms with Gasteiger partial charge >= 0.3 is 5.97 Å². The summed E-state index contributed by atoms with van der Waals surface area (Å²) in [6.07, 6.45) is 1.13. The molecule has 0 aliphatic carbocycles. The van der Waals surface area contributed by atoms with E-state index in [1.807, 2.05) is 25.1 Å². The van der Waals surface area contributed by atoms with Crippen LogP contribution < -0.4 is 9.64 Å². The van der Waals surface area contributed by atoms with Gasteiger partial charge in [0.1, 0.15) is 5.75 Å². The SMILES string of the molecule is Cc1cccc(CCC(=O)N(C)c2ccc(OCC(=O)O)cc2)c1. The monoisotopic (exact) mass is 327 g/mol. The lowest BCUT2D eigenvalue weighted by Crippen LogP contribution is -2.26. The Morgan fingerprint density at radius 2 is 1.83 bits per heavy atom. The van der Waals surface area contributed by atoms with E-state index in [1.165, 1.54) is 5.56 Å². The standard InChI is InChI=1S/C19H21NO4/c1-14-4-3-5-15(12-14)6-11-18(21)20(2)16-7-9-17(10-8-16)24-13-19(22)23/h3-5,7-10,12H,6,11,13H2,1-2H3,(H,22,23). The highest BCUT2D eigenvalue weighted by Crippen LogP contribution is 2.19. The minimum Gasteiger partial charge on any atom is -0.482 e. The van der Waals surface area contributed by atoms with E-state index in [0.29, 0.717) is 18.6 Å². The first-order valence-corrected chi connectivity index (χ1v) is 7.72. The van der Waals surface area contributed by atoms with E-state index in [1.54, 1.807) is 36.2 Å². The van der Waals surface area contributed by atoms with Gasteiger partial charge in [0.15, 0.2) is 6.61 Å². The van der Waals surface area contributed by atoms with Gasteiger partial charge in [-0.3, -0.25) is 4.79 Å². The number of anilines is 1. The van der Waals surface area contributed by atoms with E-state index < -0.39 is 5.97 Å². The third-order valence-corrected chi connectivity index (χ3v) is 3.67. The van der Waals surface area contributed by atoms with E-state index in [9.17, 15) is 9.59 Å². The number of benzene rings is 2. The summed E-state index contributed by atoms with van der Waals surface area (Å²) in [6, 6.07) is 14.9. The van der Waals surface area contributed by atoms with Gasteiger partial charge in [-0.05, 0) is 43.2 Å². The molecule has 2 rings (SSSR count). The van der Waals surface area contributed by atoms with E-state index >= 15 is 0 Å². The van der Waals surface area contributed by atoms with Crippen molar-refractivity contribution in [2.75, 3.05) is 18.6 Å². The van der Waals surface area contributed by atoms with Crippen LogP contribution in [0.2, 0.25) is 0 Å². The fourth-order valence-electron chi connectivity index (χ4n) is 2.34. The van der Waals surface area contributed by atoms with Gasteiger partial charge in [0.25, 0.3) is 0 Å². The summed E-state index contributed by atoms with van der Waals surface area (Å²) in [7, 11) is 1.73. The Labute approximate surface area is 141 Å². The first-order valence-electron chi connectivity index (χ1n) is 7.72. The van der Waals surface area contributed by atoms with Crippen LogP contribution in [0.25, 0.3) is 0 Å². The first-order chi connectivity index (χ1) is 11.5. The molecule has 0 unspecified atom stereocenters. The number of carbonyl (C=O) groups is 2. The predicted molar refractivity (Wildman–Crippen MR) is 92.5 cm³/mol. The number of carbonyl (C=O) groups excluding carboxylic acids is 1. The minimum absolute atomic E-state index is 0.0238. The second-order valence-corrected chi connectivity index (χ2v) is 5.62. The Bertz CT molecular complexity index is 710. The molecule has 5 heteroatoms. The first kappa shape index (κ1) is 17.5. The Morgan fingerprint density at radius 1 is 1.12 bits per heavy atom. The molecule has 2 aromatic carbocycles. The average molecular weight is 327 g/mol. The quantitative estimate of drug-likeness (QED) is 0.849. The van der Waals surface area contributed by atoms with Crippen molar-refractivity contribution in [3.05, 3.63) is 59.7 Å². The van der Waals surface area contributed by atoms with Crippen LogP contribution in [0.15, 0.2) is 48.5 Å². The molecule has 0 aliphatic rings. The largest absolute Gasteiger partial charge is 0.482 e. The summed E-state index contributed by atoms with van der Waals surface area (Å²) in [6.45, 7) is 1.65. The molecule has 5 nitrogen and oxygen atoms in total. The molecule has 2 aromatic rings. The molecule has 0 saturated carbocycles. The number of ether oxygens (including phenoxy) is 1. The van der Waals surface area contributed by atoms with Crippen molar-refractivity contribution in [3.63, 3.8) is 0 Å². The van der Waals surface area contributed by atoms with Crippen LogP contribution in [0, 0.1) is 6.92 Å². The molecule has 0 bridgehead atoms. The van der Waals surface area contributed by atoms with Crippen molar-refractivity contribution in [2.24, 2.45) is 0 Å². The number of carboxylic acids is 1. The molecule has 0 fully saturated rings. The molecular weight excluding hydrogens is 306 g/mol. The van der Waals surface area contributed by atoms with Gasteiger partial charge in [0.2, 0.25) is 5.91 Å². The fraction of sp³-hybridized carbons (Fsp3) is 0.263. The number of amides is 1. The van der Waals surface area contributed by atoms with Crippen molar-refractivity contribution in [3.8, 4) is 5.75 Å². The second-order valence-electron chi connectivity index (χ2n) is 5.62. The smallest absolute Gasteiger partial charge is 0.341 e. The van der Waals surface area contributed by atoms with E-state index in [2.05, 4.69) is 6.07 Å². The van der Waals surface area contributed by atoms with E-state index in [4.69, 9.17) is 9.84 Å². The maximum Gasteiger partial charge on any atom is 0.341 e. The number of hydrogen-bond acceptors (Lipinski definition) is 3. The third-order valence-electron chi connectivity index (χ3n) is 3.67. The molecule has 0 radical (unpaired) electrons. The van der Waals surface area contributed by atoms with Crippen LogP contribution in [-0.4, -0.2) is 30.6 Å². The number of aryl methyl sites for hydroxylation is 2. The molecule has 0 atom stereocenters. The van der Waals surface area contributed by atoms with Crippen molar-refractivity contribution in [1.82, 2.24) is 0 Å². The number of carboxylic acid groups (broad SMARTS) is 1. The van der Waals surface area contributed by atoms with Gasteiger partial charge in [-0.1, -0.05) is 29.8 Å². The molecule has 1 amide bonds. The van der Waals surface area contributed by atoms with E-state index in [0.717, 1.165) is 11.3 Å². The van der Waals surface area contributed by atoms with Gasteiger partial charge in [-0.25, -0.2) is 4.79 Å². The van der Waals surface area contributed by atoms with Crippen LogP contribution in [-0.2, 0) is 16.0 Å². The lowest BCUT2D eigenvalue weighted by Gasteiger charge is -2.18. The lowest BCUT2D eigenvalue weighted by atomic mass is 10.1. The molecule has 126 valence electrons. The molecular formula is C19H21NO4. The summed E-state index contributed by atoms with van der Waals surface area (Å²) in [4.78, 5) is 24.4. The third kappa shape index (κ3) is 5.12. The molecule has 0 aliphatic heterocycles. The van der Waals surface area contributed by atoms with Gasteiger partial charge in [0.05, 0.1) is 0 Å². The average Bonchev–Trinajstić information content (AvgIpc) is 2.57. The number of nitrogens with zero attached hydrogens (tertiary/aromatic N) is 1. The lowest BCUT2D eigenvalue weighted by molar-refractivity contribution is -0.139. The maximum atomic E-state index is 12.3. The number of hydrogen-bond donors (Lipinski definition) is 1. The molecule has 0 saturated heterocycles. The van der Waals surface area contributed by atoms with Gasteiger partial charge in [-0.15, -0.1) is 0 Å². The van der Waals surface area contributed by atoms with Gasteiger partial charge < -0.3 is 14.7 Å². The van der Waals surface area contributed by atoms with Crippen molar-refractivity contribution >= 4 is 17.6 Å². The Hall–Kier alpha value is -2.82. The topological polar surface area (TPSA) is 66.8 Å². The molecule has 0 aromatic heterocycles. The van der Waals surface area contributed by atoms with Crippen LogP contribution in [0.4, 0.5) is 5.69 Å². The summed E-state index contributed by atoms with van der Waals surface area (Å²) in [5.74, 6) is -0.542. The molecule has 0 spiro atoms. The number of aliphatic carboxylic acids is 1. The zero-order valence-corrected chi connectivity index (χ0v) is 13.9. The minimum atomic E-state index is -1.03. The Balaban J connectivity index is 1.91. The summed E-state index contributed by atoms with van der Waals surface area (Å²) in [5, 5.41) is 8.58. The zero-order chi connectivity index (χ0) is 17.5. The van der Waals surface area contributed by atoms with Crippen molar-refractivity contribution in [2.45, 2.75) is 19.8 Å². The van der Waals surface area contributed by atoms with Crippen LogP contribution >= 0.6 is 0 Å². The van der Waals surface area contributed by atoms with Gasteiger partial charge in [-0.2, -0.15) is 0 Å². The molecule has 24 heavy (non-hydrogen) atoms. The van der Waals surface area contributed by atoms with Crippen LogP contribution in [0.3, 0.4) is 0 Å². The highest BCUT2D eigenvalue weighted by Gasteiger charge is 2.11. The predicted octanol–water partition coefficient (Wildman–Crippen LogP) is 3.05. The Kier molecular flexibility index (Phi) is 5.95.